The van der Waals surface area contributed by atoms with E-state index in [0.29, 0.717) is 11.5 Å². The molecule has 0 aliphatic carbocycles. The van der Waals surface area contributed by atoms with Gasteiger partial charge >= 0.3 is 0 Å². The molecule has 0 bridgehead atoms. The van der Waals surface area contributed by atoms with Crippen LogP contribution in [0.25, 0.3) is 21.5 Å². The van der Waals surface area contributed by atoms with E-state index in [2.05, 4.69) is 20.7 Å². The molecule has 36 heavy (non-hydrogen) atoms. The topological polar surface area (TPSA) is 157 Å². The molecule has 11 nitrogen and oxygen atoms in total. The minimum Gasteiger partial charge on any atom is -0.496 e. The Morgan fingerprint density at radius 2 is 1.36 bits per heavy atom. The number of methoxy groups -OCH3 is 2. The summed E-state index contributed by atoms with van der Waals surface area (Å²) in [6.07, 6.45) is 3.27. The molecule has 4 aromatic carbocycles. The van der Waals surface area contributed by atoms with Crippen LogP contribution in [0.1, 0.15) is 11.1 Å². The molecule has 0 unspecified atom stereocenters. The summed E-state index contributed by atoms with van der Waals surface area (Å²) in [5, 5.41) is 30.1. The van der Waals surface area contributed by atoms with Gasteiger partial charge in [-0.1, -0.05) is 60.7 Å². The summed E-state index contributed by atoms with van der Waals surface area (Å²) in [6.45, 7) is 0. The zero-order chi connectivity index (χ0) is 25.9. The lowest BCUT2D eigenvalue weighted by molar-refractivity contribution is -0.742. The quantitative estimate of drug-likeness (QED) is 0.161. The van der Waals surface area contributed by atoms with E-state index in [1.807, 2.05) is 72.8 Å². The van der Waals surface area contributed by atoms with Crippen LogP contribution in [0.2, 0.25) is 0 Å². The molecule has 0 atom stereocenters. The van der Waals surface area contributed by atoms with E-state index in [0.717, 1.165) is 32.7 Å². The minimum atomic E-state index is -1.50. The number of nitrogens with zero attached hydrogens (tertiary/aromatic N) is 4. The van der Waals surface area contributed by atoms with E-state index in [9.17, 15) is 0 Å². The maximum atomic E-state index is 8.36. The largest absolute Gasteiger partial charge is 0.496 e. The summed E-state index contributed by atoms with van der Waals surface area (Å²) in [5.74, 6) is 1.47. The zero-order valence-corrected chi connectivity index (χ0v) is 19.5. The van der Waals surface area contributed by atoms with Crippen molar-refractivity contribution in [2.75, 3.05) is 14.2 Å². The van der Waals surface area contributed by atoms with Crippen LogP contribution < -0.4 is 20.6 Å². The van der Waals surface area contributed by atoms with Gasteiger partial charge in [0.25, 0.3) is 5.09 Å². The van der Waals surface area contributed by atoms with Crippen molar-refractivity contribution in [1.82, 2.24) is 5.43 Å². The molecule has 184 valence electrons. The zero-order valence-electron chi connectivity index (χ0n) is 19.5. The van der Waals surface area contributed by atoms with Crippen molar-refractivity contribution in [3.05, 3.63) is 94.0 Å². The maximum Gasteiger partial charge on any atom is 0.291 e. The van der Waals surface area contributed by atoms with E-state index in [1.54, 1.807) is 26.6 Å². The standard InChI is InChI=1S/C25H23N5O2.HNO3/c1-31-23-13-11-17-7-3-5-9-19(17)21(23)15-27-29-25(26)30-28-16-22-20-10-6-4-8-18(20)12-14-24(22)32-2;2-1(3)4/h3-16H,1-2H3,(H3,26,29,30);(H,2,3,4)/b27-15-,28-16+;. The monoisotopic (exact) mass is 488 g/mol. The summed E-state index contributed by atoms with van der Waals surface area (Å²) in [4.78, 5) is 8.36. The number of nitrogens with one attached hydrogen (secondary N) is 1. The molecular formula is C25H24N6O5. The van der Waals surface area contributed by atoms with Crippen molar-refractivity contribution in [2.24, 2.45) is 21.0 Å². The lowest BCUT2D eigenvalue weighted by atomic mass is 10.0. The highest BCUT2D eigenvalue weighted by Gasteiger charge is 2.07. The number of ether oxygens (including phenoxy) is 2. The fourth-order valence-electron chi connectivity index (χ4n) is 3.51. The predicted octanol–water partition coefficient (Wildman–Crippen LogP) is 3.93. The number of hydrogen-bond donors (Lipinski definition) is 3. The van der Waals surface area contributed by atoms with Crippen LogP contribution in [0, 0.1) is 10.1 Å². The summed E-state index contributed by atoms with van der Waals surface area (Å²) >= 11 is 0. The van der Waals surface area contributed by atoms with E-state index < -0.39 is 5.09 Å². The van der Waals surface area contributed by atoms with E-state index in [-0.39, 0.29) is 5.96 Å². The molecule has 0 saturated heterocycles. The molecular weight excluding hydrogens is 464 g/mol. The second kappa shape index (κ2) is 12.3. The van der Waals surface area contributed by atoms with Crippen LogP contribution in [0.5, 0.6) is 11.5 Å². The van der Waals surface area contributed by atoms with Gasteiger partial charge < -0.3 is 20.4 Å². The number of rotatable bonds is 6. The highest BCUT2D eigenvalue weighted by molar-refractivity contribution is 6.03. The average Bonchev–Trinajstić information content (AvgIpc) is 2.88. The normalized spacial score (nSPS) is 11.4. The van der Waals surface area contributed by atoms with Gasteiger partial charge in [0.2, 0.25) is 5.96 Å². The summed E-state index contributed by atoms with van der Waals surface area (Å²) in [6, 6.07) is 23.8. The number of nitrogens with two attached hydrogens (primary N) is 1. The average molecular weight is 489 g/mol. The summed E-state index contributed by atoms with van der Waals surface area (Å²) in [5.41, 5.74) is 10.3. The number of benzene rings is 4. The Labute approximate surface area is 206 Å². The highest BCUT2D eigenvalue weighted by atomic mass is 16.9. The first-order chi connectivity index (χ1) is 17.4. The van der Waals surface area contributed by atoms with Gasteiger partial charge in [-0.2, -0.15) is 10.2 Å². The molecule has 0 aliphatic rings. The maximum absolute atomic E-state index is 8.36. The van der Waals surface area contributed by atoms with Gasteiger partial charge in [-0.3, -0.25) is 0 Å². The fraction of sp³-hybridized carbons (Fsp3) is 0.0800. The highest BCUT2D eigenvalue weighted by Crippen LogP contribution is 2.27. The number of hydrazone groups is 1. The Balaban J connectivity index is 0.000000840. The van der Waals surface area contributed by atoms with Gasteiger partial charge in [0.15, 0.2) is 0 Å². The lowest BCUT2D eigenvalue weighted by Crippen LogP contribution is -2.26. The molecule has 0 spiro atoms. The number of hydrogen-bond acceptors (Lipinski definition) is 7. The Morgan fingerprint density at radius 3 is 1.86 bits per heavy atom. The first-order valence-electron chi connectivity index (χ1n) is 10.5. The summed E-state index contributed by atoms with van der Waals surface area (Å²) in [7, 11) is 3.25. The van der Waals surface area contributed by atoms with Crippen LogP contribution in [-0.4, -0.2) is 42.9 Å². The molecule has 0 saturated carbocycles. The van der Waals surface area contributed by atoms with E-state index in [4.69, 9.17) is 30.5 Å². The number of fused-ring (bicyclic) bond motifs is 2. The first kappa shape index (κ1) is 25.4. The van der Waals surface area contributed by atoms with Gasteiger partial charge in [0.1, 0.15) is 11.5 Å². The first-order valence-corrected chi connectivity index (χ1v) is 10.5. The molecule has 11 heteroatoms. The van der Waals surface area contributed by atoms with Gasteiger partial charge in [0.05, 0.1) is 26.6 Å². The van der Waals surface area contributed by atoms with Crippen molar-refractivity contribution in [3.63, 3.8) is 0 Å². The third kappa shape index (κ3) is 6.44. The van der Waals surface area contributed by atoms with Crippen LogP contribution in [0.3, 0.4) is 0 Å². The van der Waals surface area contributed by atoms with Crippen molar-refractivity contribution < 1.29 is 19.8 Å². The molecule has 4 rings (SSSR count). The molecule has 0 fully saturated rings. The van der Waals surface area contributed by atoms with E-state index >= 15 is 0 Å². The van der Waals surface area contributed by atoms with Crippen LogP contribution >= 0.6 is 0 Å². The molecule has 0 aromatic heterocycles. The second-order valence-corrected chi connectivity index (χ2v) is 7.14. The van der Waals surface area contributed by atoms with Gasteiger partial charge in [-0.15, -0.1) is 15.2 Å². The summed E-state index contributed by atoms with van der Waals surface area (Å²) < 4.78 is 10.9. The van der Waals surface area contributed by atoms with Gasteiger partial charge in [-0.25, -0.2) is 5.43 Å². The molecule has 4 N–H and O–H groups in total. The SMILES string of the molecule is COc1ccc2ccccc2c1/C=N\N/C(N)=N/N=C/c1c(OC)ccc2ccccc12.O=[N+]([O-])O. The van der Waals surface area contributed by atoms with Gasteiger partial charge in [0, 0.05) is 11.1 Å². The van der Waals surface area contributed by atoms with Crippen LogP contribution in [0.15, 0.2) is 88.1 Å². The lowest BCUT2D eigenvalue weighted by Gasteiger charge is -2.08. The fourth-order valence-corrected chi connectivity index (χ4v) is 3.51. The van der Waals surface area contributed by atoms with Crippen LogP contribution in [0.4, 0.5) is 0 Å². The van der Waals surface area contributed by atoms with Crippen molar-refractivity contribution in [2.45, 2.75) is 0 Å². The van der Waals surface area contributed by atoms with Crippen LogP contribution in [-0.2, 0) is 0 Å². The Bertz CT molecular complexity index is 1450. The smallest absolute Gasteiger partial charge is 0.291 e. The van der Waals surface area contributed by atoms with E-state index in [1.165, 1.54) is 0 Å². The second-order valence-electron chi connectivity index (χ2n) is 7.14. The van der Waals surface area contributed by atoms with Crippen molar-refractivity contribution in [3.8, 4) is 11.5 Å². The Kier molecular flexibility index (Phi) is 8.71. The molecule has 4 aromatic rings. The predicted molar refractivity (Wildman–Crippen MR) is 140 cm³/mol. The van der Waals surface area contributed by atoms with Gasteiger partial charge in [-0.05, 0) is 33.7 Å². The Hall–Kier alpha value is -5.19. The third-order valence-electron chi connectivity index (χ3n) is 5.03. The van der Waals surface area contributed by atoms with Crippen molar-refractivity contribution in [1.29, 1.82) is 0 Å². The molecule has 0 amide bonds. The molecule has 0 heterocycles. The molecule has 0 aliphatic heterocycles. The minimum absolute atomic E-state index is 0.0518. The molecule has 0 radical (unpaired) electrons. The van der Waals surface area contributed by atoms with Crippen molar-refractivity contribution >= 4 is 39.9 Å². The number of guanidine groups is 1. The Morgan fingerprint density at radius 1 is 0.889 bits per heavy atom. The third-order valence-corrected chi connectivity index (χ3v) is 5.03.